The minimum Gasteiger partial charge on any atom is -0.355 e. The van der Waals surface area contributed by atoms with Crippen LogP contribution in [0.3, 0.4) is 0 Å². The zero-order valence-electron chi connectivity index (χ0n) is 13.9. The molecule has 3 aliphatic rings. The number of halogens is 1. The summed E-state index contributed by atoms with van der Waals surface area (Å²) >= 11 is 6.39. The van der Waals surface area contributed by atoms with Gasteiger partial charge in [-0.1, -0.05) is 17.7 Å². The van der Waals surface area contributed by atoms with Gasteiger partial charge in [0.15, 0.2) is 5.41 Å². The molecule has 3 aliphatic heterocycles. The number of fused-ring (bicyclic) bond motifs is 4. The maximum Gasteiger partial charge on any atom is 0.328 e. The lowest BCUT2D eigenvalue weighted by molar-refractivity contribution is -0.902. The Hall–Kier alpha value is -2.12. The molecule has 2 fully saturated rings. The largest absolute Gasteiger partial charge is 0.355 e. The molecular weight excluding hydrogens is 344 g/mol. The van der Waals surface area contributed by atoms with E-state index in [1.807, 2.05) is 12.1 Å². The normalized spacial score (nSPS) is 27.4. The topological polar surface area (TPSA) is 82.9 Å². The molecular formula is C17H20ClN4O3+. The summed E-state index contributed by atoms with van der Waals surface area (Å²) in [6, 6.07) is 4.58. The molecule has 0 aliphatic carbocycles. The molecule has 0 radical (unpaired) electrons. The van der Waals surface area contributed by atoms with E-state index in [0.717, 1.165) is 30.9 Å². The molecule has 7 nitrogen and oxygen atoms in total. The van der Waals surface area contributed by atoms with Crippen LogP contribution in [0.5, 0.6) is 0 Å². The lowest BCUT2D eigenvalue weighted by Gasteiger charge is -2.52. The van der Waals surface area contributed by atoms with Crippen LogP contribution in [0.25, 0.3) is 0 Å². The predicted octanol–water partition coefficient (Wildman–Crippen LogP) is -0.658. The Morgan fingerprint density at radius 1 is 1.28 bits per heavy atom. The standard InChI is InChI=1S/C17H19ClN4O3/c1-2-21-6-7-22-12-5-3-4-11(18)10(12)8-17(13(22)9-21)14(23)19-16(25)20-15(17)24/h3-5,13H,2,6-9H2,1H3,(H2,19,20,23,24,25)/p+1/t13-/m0/s1. The second-order valence-electron chi connectivity index (χ2n) is 6.89. The monoisotopic (exact) mass is 363 g/mol. The van der Waals surface area contributed by atoms with Gasteiger partial charge in [-0.15, -0.1) is 0 Å². The van der Waals surface area contributed by atoms with Crippen LogP contribution in [0.4, 0.5) is 10.5 Å². The van der Waals surface area contributed by atoms with E-state index in [-0.39, 0.29) is 12.5 Å². The number of piperazine rings is 1. The number of benzene rings is 1. The average Bonchev–Trinajstić information content (AvgIpc) is 2.59. The Morgan fingerprint density at radius 3 is 2.68 bits per heavy atom. The van der Waals surface area contributed by atoms with Gasteiger partial charge in [0.1, 0.15) is 6.04 Å². The van der Waals surface area contributed by atoms with Gasteiger partial charge in [0, 0.05) is 17.1 Å². The van der Waals surface area contributed by atoms with Crippen molar-refractivity contribution >= 4 is 35.1 Å². The van der Waals surface area contributed by atoms with Crippen molar-refractivity contribution in [3.63, 3.8) is 0 Å². The third-order valence-electron chi connectivity index (χ3n) is 5.76. The summed E-state index contributed by atoms with van der Waals surface area (Å²) in [5.74, 6) is -1.06. The molecule has 4 amide bonds. The van der Waals surface area contributed by atoms with E-state index in [4.69, 9.17) is 11.6 Å². The maximum atomic E-state index is 12.9. The molecule has 3 N–H and O–H groups in total. The van der Waals surface area contributed by atoms with Gasteiger partial charge in [-0.3, -0.25) is 20.2 Å². The number of hydrogen-bond donors (Lipinski definition) is 3. The number of anilines is 1. The molecule has 1 spiro atoms. The van der Waals surface area contributed by atoms with E-state index < -0.39 is 23.3 Å². The quantitative estimate of drug-likeness (QED) is 0.579. The molecule has 25 heavy (non-hydrogen) atoms. The second kappa shape index (κ2) is 5.71. The summed E-state index contributed by atoms with van der Waals surface area (Å²) in [4.78, 5) is 40.8. The van der Waals surface area contributed by atoms with E-state index in [9.17, 15) is 14.4 Å². The highest BCUT2D eigenvalue weighted by Gasteiger charge is 2.62. The zero-order valence-corrected chi connectivity index (χ0v) is 14.7. The first kappa shape index (κ1) is 16.4. The third-order valence-corrected chi connectivity index (χ3v) is 6.11. The Balaban J connectivity index is 1.88. The number of carbonyl (C=O) groups excluding carboxylic acids is 3. The minimum atomic E-state index is -1.34. The minimum absolute atomic E-state index is 0.200. The number of imide groups is 2. The molecule has 4 rings (SSSR count). The van der Waals surface area contributed by atoms with Gasteiger partial charge in [-0.2, -0.15) is 0 Å². The summed E-state index contributed by atoms with van der Waals surface area (Å²) < 4.78 is 0. The highest BCUT2D eigenvalue weighted by atomic mass is 35.5. The number of carbonyl (C=O) groups is 3. The Morgan fingerprint density at radius 2 is 2.00 bits per heavy atom. The smallest absolute Gasteiger partial charge is 0.328 e. The van der Waals surface area contributed by atoms with Crippen molar-refractivity contribution in [2.75, 3.05) is 31.1 Å². The fourth-order valence-corrected chi connectivity index (χ4v) is 4.62. The summed E-state index contributed by atoms with van der Waals surface area (Å²) in [5, 5.41) is 5.14. The molecule has 1 aromatic rings. The van der Waals surface area contributed by atoms with E-state index in [2.05, 4.69) is 22.5 Å². The van der Waals surface area contributed by atoms with Crippen LogP contribution >= 0.6 is 11.6 Å². The lowest BCUT2D eigenvalue weighted by atomic mass is 9.68. The molecule has 0 bridgehead atoms. The summed E-state index contributed by atoms with van der Waals surface area (Å²) in [5.41, 5.74) is 0.433. The van der Waals surface area contributed by atoms with Crippen LogP contribution in [0.1, 0.15) is 12.5 Å². The number of amides is 4. The van der Waals surface area contributed by atoms with Crippen molar-refractivity contribution in [1.29, 1.82) is 0 Å². The van der Waals surface area contributed by atoms with Crippen molar-refractivity contribution < 1.29 is 19.3 Å². The first-order valence-electron chi connectivity index (χ1n) is 8.52. The first-order valence-corrected chi connectivity index (χ1v) is 8.89. The number of likely N-dealkylation sites (N-methyl/N-ethyl adjacent to an activating group) is 1. The lowest BCUT2D eigenvalue weighted by Crippen LogP contribution is -3.16. The average molecular weight is 364 g/mol. The molecule has 2 saturated heterocycles. The van der Waals surface area contributed by atoms with E-state index in [1.54, 1.807) is 6.07 Å². The molecule has 8 heteroatoms. The number of nitrogens with one attached hydrogen (secondary N) is 3. The predicted molar refractivity (Wildman–Crippen MR) is 91.6 cm³/mol. The van der Waals surface area contributed by atoms with Gasteiger partial charge in [-0.05, 0) is 24.6 Å². The second-order valence-corrected chi connectivity index (χ2v) is 7.30. The summed E-state index contributed by atoms with van der Waals surface area (Å²) in [7, 11) is 0. The fourth-order valence-electron chi connectivity index (χ4n) is 4.38. The van der Waals surface area contributed by atoms with Gasteiger partial charge in [-0.25, -0.2) is 4.79 Å². The SMILES string of the molecule is CC[NH+]1CCN2c3cccc(Cl)c3CC3(C(=O)NC(=O)NC3=O)[C@@H]2C1. The molecule has 0 aromatic heterocycles. The number of urea groups is 1. The number of rotatable bonds is 1. The molecule has 132 valence electrons. The molecule has 3 heterocycles. The van der Waals surface area contributed by atoms with E-state index in [0.29, 0.717) is 11.6 Å². The van der Waals surface area contributed by atoms with Crippen LogP contribution in [-0.4, -0.2) is 50.1 Å². The Bertz CT molecular complexity index is 761. The summed E-state index contributed by atoms with van der Waals surface area (Å²) in [6.45, 7) is 5.34. The molecule has 1 unspecified atom stereocenters. The van der Waals surface area contributed by atoms with Crippen molar-refractivity contribution in [2.45, 2.75) is 19.4 Å². The third kappa shape index (κ3) is 2.26. The van der Waals surface area contributed by atoms with Crippen LogP contribution in [-0.2, 0) is 16.0 Å². The molecule has 2 atom stereocenters. The summed E-state index contributed by atoms with van der Waals surface area (Å²) in [6.07, 6.45) is 0.200. The van der Waals surface area contributed by atoms with Crippen molar-refractivity contribution in [3.05, 3.63) is 28.8 Å². The van der Waals surface area contributed by atoms with Gasteiger partial charge in [0.25, 0.3) is 0 Å². The van der Waals surface area contributed by atoms with Gasteiger partial charge < -0.3 is 9.80 Å². The van der Waals surface area contributed by atoms with Crippen LogP contribution in [0.2, 0.25) is 5.02 Å². The maximum absolute atomic E-state index is 12.9. The molecule has 1 aromatic carbocycles. The van der Waals surface area contributed by atoms with Crippen LogP contribution in [0.15, 0.2) is 18.2 Å². The van der Waals surface area contributed by atoms with Crippen LogP contribution in [0, 0.1) is 5.41 Å². The number of nitrogens with zero attached hydrogens (tertiary/aromatic N) is 1. The highest BCUT2D eigenvalue weighted by Crippen LogP contribution is 2.45. The Labute approximate surface area is 150 Å². The molecule has 0 saturated carbocycles. The van der Waals surface area contributed by atoms with E-state index in [1.165, 1.54) is 4.90 Å². The number of hydrogen-bond acceptors (Lipinski definition) is 4. The fraction of sp³-hybridized carbons (Fsp3) is 0.471. The highest BCUT2D eigenvalue weighted by molar-refractivity contribution is 6.32. The first-order chi connectivity index (χ1) is 12.0. The number of quaternary nitrogens is 1. The van der Waals surface area contributed by atoms with Gasteiger partial charge >= 0.3 is 6.03 Å². The van der Waals surface area contributed by atoms with Crippen LogP contribution < -0.4 is 20.4 Å². The van der Waals surface area contributed by atoms with Crippen molar-refractivity contribution in [1.82, 2.24) is 10.6 Å². The van der Waals surface area contributed by atoms with E-state index >= 15 is 0 Å². The van der Waals surface area contributed by atoms with Crippen molar-refractivity contribution in [3.8, 4) is 0 Å². The zero-order chi connectivity index (χ0) is 17.8. The number of barbiturate groups is 1. The van der Waals surface area contributed by atoms with Gasteiger partial charge in [0.2, 0.25) is 11.8 Å². The van der Waals surface area contributed by atoms with Gasteiger partial charge in [0.05, 0.1) is 26.2 Å². The Kier molecular flexibility index (Phi) is 3.73. The van der Waals surface area contributed by atoms with Crippen molar-refractivity contribution in [2.24, 2.45) is 5.41 Å².